The highest BCUT2D eigenvalue weighted by Crippen LogP contribution is 2.65. The zero-order valence-electron chi connectivity index (χ0n) is 24.1. The van der Waals surface area contributed by atoms with Crippen LogP contribution >= 0.6 is 0 Å². The molecule has 1 heterocycles. The smallest absolute Gasteiger partial charge is 0.408 e. The van der Waals surface area contributed by atoms with Crippen LogP contribution in [0.15, 0.2) is 0 Å². The van der Waals surface area contributed by atoms with Crippen LogP contribution in [0, 0.1) is 34.5 Å². The molecule has 0 radical (unpaired) electrons. The van der Waals surface area contributed by atoms with Crippen LogP contribution in [0.5, 0.6) is 0 Å². The number of rotatable bonds is 10. The van der Waals surface area contributed by atoms with Gasteiger partial charge in [-0.3, -0.25) is 19.2 Å². The van der Waals surface area contributed by atoms with Crippen molar-refractivity contribution >= 4 is 29.6 Å². The van der Waals surface area contributed by atoms with Crippen molar-refractivity contribution in [3.63, 3.8) is 0 Å². The minimum absolute atomic E-state index is 0.0898. The SMILES string of the molecule is CC(C)C(C)OC(=O)N[C@H](C(=O)N1C[C@H]2[C@@H]([C@H]1C(=O)N[C@@H](CC1CCC1)C(=O)C(N)=O)C2(C)C)C(C)(C)C. The Labute approximate surface area is 226 Å². The molecule has 4 amide bonds. The summed E-state index contributed by atoms with van der Waals surface area (Å²) in [5.74, 6) is -2.33. The molecule has 3 fully saturated rings. The average molecular weight is 535 g/mol. The lowest BCUT2D eigenvalue weighted by Gasteiger charge is -2.38. The topological polar surface area (TPSA) is 148 Å². The molecule has 0 bridgehead atoms. The Bertz CT molecular complexity index is 967. The number of ketones is 1. The van der Waals surface area contributed by atoms with Crippen LogP contribution in [-0.2, 0) is 23.9 Å². The van der Waals surface area contributed by atoms with E-state index in [-0.39, 0.29) is 41.1 Å². The van der Waals surface area contributed by atoms with Crippen molar-refractivity contribution in [3.05, 3.63) is 0 Å². The lowest BCUT2D eigenvalue weighted by atomic mass is 9.80. The van der Waals surface area contributed by atoms with Crippen LogP contribution in [0.3, 0.4) is 0 Å². The Morgan fingerprint density at radius 1 is 1.05 bits per heavy atom. The van der Waals surface area contributed by atoms with E-state index < -0.39 is 47.2 Å². The number of nitrogens with zero attached hydrogens (tertiary/aromatic N) is 1. The third kappa shape index (κ3) is 6.15. The molecule has 10 heteroatoms. The number of nitrogens with one attached hydrogen (secondary N) is 2. The minimum atomic E-state index is -1.08. The molecule has 3 aliphatic rings. The Morgan fingerprint density at radius 3 is 2.13 bits per heavy atom. The van der Waals surface area contributed by atoms with E-state index in [0.717, 1.165) is 19.3 Å². The summed E-state index contributed by atoms with van der Waals surface area (Å²) >= 11 is 0. The maximum atomic E-state index is 13.9. The normalized spacial score (nSPS) is 26.4. The van der Waals surface area contributed by atoms with Gasteiger partial charge in [0.2, 0.25) is 17.6 Å². The number of likely N-dealkylation sites (tertiary alicyclic amines) is 1. The van der Waals surface area contributed by atoms with E-state index in [1.807, 2.05) is 34.6 Å². The molecule has 6 atom stereocenters. The molecule has 1 saturated heterocycles. The standard InChI is InChI=1S/C28H46N4O6/c1-14(2)15(3)38-26(37)31-22(27(4,5)6)25(36)32-13-17-19(28(17,7)8)20(32)24(35)30-18(21(33)23(29)34)12-16-10-9-11-16/h14-20,22H,9-13H2,1-8H3,(H2,29,34)(H,30,35)(H,31,37)/t15?,17-,18-,19-,20-,22+/m0/s1. The highest BCUT2D eigenvalue weighted by atomic mass is 16.6. The largest absolute Gasteiger partial charge is 0.446 e. The summed E-state index contributed by atoms with van der Waals surface area (Å²) in [6.45, 7) is 15.7. The van der Waals surface area contributed by atoms with Crippen LogP contribution in [0.25, 0.3) is 0 Å². The molecule has 0 aromatic rings. The number of carbonyl (C=O) groups is 5. The first-order valence-electron chi connectivity index (χ1n) is 13.9. The molecule has 4 N–H and O–H groups in total. The van der Waals surface area contributed by atoms with Crippen molar-refractivity contribution in [3.8, 4) is 0 Å². The van der Waals surface area contributed by atoms with Gasteiger partial charge in [0.15, 0.2) is 0 Å². The molecule has 3 rings (SSSR count). The van der Waals surface area contributed by atoms with Crippen LogP contribution in [0.2, 0.25) is 0 Å². The zero-order valence-corrected chi connectivity index (χ0v) is 24.1. The molecule has 10 nitrogen and oxygen atoms in total. The Balaban J connectivity index is 1.82. The lowest BCUT2D eigenvalue weighted by molar-refractivity contribution is -0.145. The predicted octanol–water partition coefficient (Wildman–Crippen LogP) is 2.38. The first-order chi connectivity index (χ1) is 17.5. The number of primary amides is 1. The maximum Gasteiger partial charge on any atom is 0.408 e. The number of fused-ring (bicyclic) bond motifs is 1. The molecular weight excluding hydrogens is 488 g/mol. The van der Waals surface area contributed by atoms with Crippen LogP contribution in [0.1, 0.15) is 81.1 Å². The molecule has 214 valence electrons. The number of amides is 4. The summed E-state index contributed by atoms with van der Waals surface area (Å²) in [4.78, 5) is 66.1. The van der Waals surface area contributed by atoms with Crippen molar-refractivity contribution in [1.82, 2.24) is 15.5 Å². The fourth-order valence-corrected chi connectivity index (χ4v) is 5.81. The summed E-state index contributed by atoms with van der Waals surface area (Å²) in [7, 11) is 0. The minimum Gasteiger partial charge on any atom is -0.446 e. The second-order valence-corrected chi connectivity index (χ2v) is 13.5. The molecule has 1 unspecified atom stereocenters. The zero-order chi connectivity index (χ0) is 28.7. The van der Waals surface area contributed by atoms with E-state index in [1.54, 1.807) is 6.92 Å². The van der Waals surface area contributed by atoms with Crippen molar-refractivity contribution in [1.29, 1.82) is 0 Å². The lowest BCUT2D eigenvalue weighted by Crippen LogP contribution is -2.60. The summed E-state index contributed by atoms with van der Waals surface area (Å²) in [6.07, 6.45) is 2.28. The fourth-order valence-electron chi connectivity index (χ4n) is 5.81. The van der Waals surface area contributed by atoms with Gasteiger partial charge in [-0.2, -0.15) is 0 Å². The average Bonchev–Trinajstić information content (AvgIpc) is 3.10. The first-order valence-corrected chi connectivity index (χ1v) is 13.9. The quantitative estimate of drug-likeness (QED) is 0.367. The van der Waals surface area contributed by atoms with E-state index in [9.17, 15) is 24.0 Å². The van der Waals surface area contributed by atoms with Crippen molar-refractivity contribution in [2.45, 2.75) is 105 Å². The number of Topliss-reactive ketones (excluding diaryl/α,β-unsaturated/α-hetero) is 1. The van der Waals surface area contributed by atoms with Crippen molar-refractivity contribution in [2.24, 2.45) is 40.2 Å². The van der Waals surface area contributed by atoms with E-state index in [4.69, 9.17) is 10.5 Å². The third-order valence-corrected chi connectivity index (χ3v) is 9.04. The van der Waals surface area contributed by atoms with Gasteiger partial charge in [-0.25, -0.2) is 4.79 Å². The fraction of sp³-hybridized carbons (Fsp3) is 0.821. The van der Waals surface area contributed by atoms with Gasteiger partial charge in [0.25, 0.3) is 5.91 Å². The molecule has 2 aliphatic carbocycles. The first kappa shape index (κ1) is 29.9. The van der Waals surface area contributed by atoms with Gasteiger partial charge in [-0.15, -0.1) is 0 Å². The number of ether oxygens (including phenoxy) is 1. The van der Waals surface area contributed by atoms with E-state index >= 15 is 0 Å². The van der Waals surface area contributed by atoms with Gasteiger partial charge in [0, 0.05) is 6.54 Å². The van der Waals surface area contributed by atoms with Gasteiger partial charge < -0.3 is 26.0 Å². The van der Waals surface area contributed by atoms with Gasteiger partial charge in [-0.1, -0.05) is 67.7 Å². The molecule has 38 heavy (non-hydrogen) atoms. The molecular formula is C28H46N4O6. The summed E-state index contributed by atoms with van der Waals surface area (Å²) in [5, 5.41) is 5.53. The highest BCUT2D eigenvalue weighted by molar-refractivity contribution is 6.37. The summed E-state index contributed by atoms with van der Waals surface area (Å²) < 4.78 is 5.46. The van der Waals surface area contributed by atoms with Gasteiger partial charge in [-0.05, 0) is 47.8 Å². The Morgan fingerprint density at radius 2 is 1.66 bits per heavy atom. The van der Waals surface area contributed by atoms with Crippen LogP contribution in [-0.4, -0.2) is 65.3 Å². The second-order valence-electron chi connectivity index (χ2n) is 13.5. The van der Waals surface area contributed by atoms with Crippen molar-refractivity contribution in [2.75, 3.05) is 6.54 Å². The number of carbonyl (C=O) groups excluding carboxylic acids is 5. The molecule has 1 aliphatic heterocycles. The molecule has 2 saturated carbocycles. The number of hydrogen-bond acceptors (Lipinski definition) is 6. The Kier molecular flexibility index (Phi) is 8.53. The number of hydrogen-bond donors (Lipinski definition) is 3. The van der Waals surface area contributed by atoms with E-state index in [2.05, 4.69) is 24.5 Å². The number of alkyl carbamates (subject to hydrolysis) is 1. The monoisotopic (exact) mass is 534 g/mol. The van der Waals surface area contributed by atoms with Gasteiger partial charge in [0.1, 0.15) is 18.2 Å². The van der Waals surface area contributed by atoms with Gasteiger partial charge >= 0.3 is 6.09 Å². The summed E-state index contributed by atoms with van der Waals surface area (Å²) in [5.41, 5.74) is 4.48. The van der Waals surface area contributed by atoms with Gasteiger partial charge in [0.05, 0.1) is 6.04 Å². The van der Waals surface area contributed by atoms with Crippen LogP contribution in [0.4, 0.5) is 4.79 Å². The molecule has 0 aromatic carbocycles. The van der Waals surface area contributed by atoms with Crippen molar-refractivity contribution < 1.29 is 28.7 Å². The number of piperidine rings is 1. The van der Waals surface area contributed by atoms with Crippen LogP contribution < -0.4 is 16.4 Å². The third-order valence-electron chi connectivity index (χ3n) is 9.04. The Hall–Kier alpha value is -2.65. The summed E-state index contributed by atoms with van der Waals surface area (Å²) in [6, 6.07) is -2.75. The number of nitrogens with two attached hydrogens (primary N) is 1. The van der Waals surface area contributed by atoms with E-state index in [0.29, 0.717) is 13.0 Å². The van der Waals surface area contributed by atoms with E-state index in [1.165, 1.54) is 4.90 Å². The molecule has 0 aromatic heterocycles. The predicted molar refractivity (Wildman–Crippen MR) is 142 cm³/mol. The molecule has 0 spiro atoms. The highest BCUT2D eigenvalue weighted by Gasteiger charge is 2.70. The maximum absolute atomic E-state index is 13.9. The second kappa shape index (κ2) is 10.8.